The molecule has 0 aliphatic heterocycles. The van der Waals surface area contributed by atoms with E-state index < -0.39 is 0 Å². The summed E-state index contributed by atoms with van der Waals surface area (Å²) in [6.45, 7) is 14.2. The lowest BCUT2D eigenvalue weighted by molar-refractivity contribution is 0.331. The molecule has 1 nitrogen and oxygen atoms in total. The molecule has 112 valence electrons. The molecule has 0 amide bonds. The fourth-order valence-corrected chi connectivity index (χ4v) is 3.47. The highest BCUT2D eigenvalue weighted by Gasteiger charge is 2.37. The summed E-state index contributed by atoms with van der Waals surface area (Å²) in [5.74, 6) is 0.568. The molecule has 1 aliphatic carbocycles. The lowest BCUT2D eigenvalue weighted by Crippen LogP contribution is -2.34. The number of anilines is 1. The normalized spacial score (nSPS) is 19.9. The van der Waals surface area contributed by atoms with Crippen LogP contribution in [0.1, 0.15) is 77.0 Å². The molecular weight excluding hydrogens is 242 g/mol. The van der Waals surface area contributed by atoms with Gasteiger partial charge in [0.15, 0.2) is 0 Å². The standard InChI is InChI=1S/C19H31N/c1-13(2)14-11-15-16(12-17(14)20(7)8)19(5,6)10-9-18(15,3)4/h11-13H,9-10H2,1-8H3. The maximum absolute atomic E-state index is 2.50. The zero-order valence-electron chi connectivity index (χ0n) is 14.6. The van der Waals surface area contributed by atoms with E-state index in [1.165, 1.54) is 24.1 Å². The molecule has 0 fully saturated rings. The maximum atomic E-state index is 2.50. The van der Waals surface area contributed by atoms with Gasteiger partial charge in [0.2, 0.25) is 0 Å². The van der Waals surface area contributed by atoms with Crippen LogP contribution in [0.3, 0.4) is 0 Å². The van der Waals surface area contributed by atoms with Gasteiger partial charge in [0.25, 0.3) is 0 Å². The Hall–Kier alpha value is -0.980. The van der Waals surface area contributed by atoms with Crippen LogP contribution in [0.4, 0.5) is 5.69 Å². The number of rotatable bonds is 2. The predicted molar refractivity (Wildman–Crippen MR) is 90.1 cm³/mol. The smallest absolute Gasteiger partial charge is 0.0399 e. The van der Waals surface area contributed by atoms with Crippen molar-refractivity contribution in [3.63, 3.8) is 0 Å². The van der Waals surface area contributed by atoms with Gasteiger partial charge in [-0.15, -0.1) is 0 Å². The molecule has 20 heavy (non-hydrogen) atoms. The largest absolute Gasteiger partial charge is 0.377 e. The summed E-state index contributed by atoms with van der Waals surface area (Å²) >= 11 is 0. The summed E-state index contributed by atoms with van der Waals surface area (Å²) in [6, 6.07) is 4.96. The van der Waals surface area contributed by atoms with Crippen molar-refractivity contribution in [1.82, 2.24) is 0 Å². The Balaban J connectivity index is 2.74. The summed E-state index contributed by atoms with van der Waals surface area (Å²) in [4.78, 5) is 2.27. The Bertz CT molecular complexity index is 460. The van der Waals surface area contributed by atoms with Crippen LogP contribution in [0, 0.1) is 0 Å². The first-order chi connectivity index (χ1) is 9.06. The van der Waals surface area contributed by atoms with Crippen molar-refractivity contribution >= 4 is 5.69 Å². The molecule has 0 bridgehead atoms. The fraction of sp³-hybridized carbons (Fsp3) is 0.684. The van der Waals surface area contributed by atoms with Gasteiger partial charge in [-0.25, -0.2) is 0 Å². The fourth-order valence-electron chi connectivity index (χ4n) is 3.47. The van der Waals surface area contributed by atoms with Gasteiger partial charge >= 0.3 is 0 Å². The highest BCUT2D eigenvalue weighted by Crippen LogP contribution is 2.48. The predicted octanol–water partition coefficient (Wildman–Crippen LogP) is 5.23. The Morgan fingerprint density at radius 3 is 1.75 bits per heavy atom. The minimum atomic E-state index is 0.297. The van der Waals surface area contributed by atoms with E-state index in [0.29, 0.717) is 16.7 Å². The molecule has 0 N–H and O–H groups in total. The van der Waals surface area contributed by atoms with Gasteiger partial charge in [-0.1, -0.05) is 47.6 Å². The van der Waals surface area contributed by atoms with E-state index in [9.17, 15) is 0 Å². The van der Waals surface area contributed by atoms with Crippen LogP contribution in [0.5, 0.6) is 0 Å². The molecule has 2 rings (SSSR count). The third-order valence-corrected chi connectivity index (χ3v) is 5.10. The summed E-state index contributed by atoms with van der Waals surface area (Å²) in [5.41, 5.74) is 6.61. The van der Waals surface area contributed by atoms with Gasteiger partial charge < -0.3 is 4.90 Å². The van der Waals surface area contributed by atoms with E-state index >= 15 is 0 Å². The lowest BCUT2D eigenvalue weighted by Gasteiger charge is -2.43. The molecule has 0 radical (unpaired) electrons. The summed E-state index contributed by atoms with van der Waals surface area (Å²) < 4.78 is 0. The van der Waals surface area contributed by atoms with E-state index in [0.717, 1.165) is 0 Å². The Kier molecular flexibility index (Phi) is 3.69. The van der Waals surface area contributed by atoms with Crippen LogP contribution < -0.4 is 4.90 Å². The second-order valence-corrected chi connectivity index (χ2v) is 8.27. The van der Waals surface area contributed by atoms with Gasteiger partial charge in [-0.2, -0.15) is 0 Å². The first-order valence-corrected chi connectivity index (χ1v) is 7.92. The van der Waals surface area contributed by atoms with Crippen molar-refractivity contribution < 1.29 is 0 Å². The molecule has 0 saturated carbocycles. The van der Waals surface area contributed by atoms with Crippen molar-refractivity contribution in [3.05, 3.63) is 28.8 Å². The Morgan fingerprint density at radius 1 is 0.900 bits per heavy atom. The summed E-state index contributed by atoms with van der Waals surface area (Å²) in [6.07, 6.45) is 2.56. The minimum Gasteiger partial charge on any atom is -0.377 e. The van der Waals surface area contributed by atoms with Crippen LogP contribution >= 0.6 is 0 Å². The van der Waals surface area contributed by atoms with Crippen LogP contribution in [0.25, 0.3) is 0 Å². The van der Waals surface area contributed by atoms with Gasteiger partial charge in [0.05, 0.1) is 0 Å². The third-order valence-electron chi connectivity index (χ3n) is 5.10. The molecule has 0 spiro atoms. The lowest BCUT2D eigenvalue weighted by atomic mass is 9.62. The number of hydrogen-bond acceptors (Lipinski definition) is 1. The van der Waals surface area contributed by atoms with Gasteiger partial charge in [0, 0.05) is 19.8 Å². The second kappa shape index (κ2) is 4.79. The van der Waals surface area contributed by atoms with Crippen molar-refractivity contribution in [3.8, 4) is 0 Å². The van der Waals surface area contributed by atoms with Gasteiger partial charge in [-0.05, 0) is 52.3 Å². The monoisotopic (exact) mass is 273 g/mol. The number of nitrogens with zero attached hydrogens (tertiary/aromatic N) is 1. The summed E-state index contributed by atoms with van der Waals surface area (Å²) in [5, 5.41) is 0. The van der Waals surface area contributed by atoms with Crippen LogP contribution in [-0.2, 0) is 10.8 Å². The topological polar surface area (TPSA) is 3.24 Å². The molecule has 0 heterocycles. The SMILES string of the molecule is CC(C)c1cc2c(cc1N(C)C)C(C)(C)CCC2(C)C. The average molecular weight is 273 g/mol. The zero-order valence-corrected chi connectivity index (χ0v) is 14.6. The quantitative estimate of drug-likeness (QED) is 0.713. The van der Waals surface area contributed by atoms with Crippen LogP contribution in [0.15, 0.2) is 12.1 Å². The Labute approximate surface area is 125 Å². The van der Waals surface area contributed by atoms with Crippen molar-refractivity contribution in [2.24, 2.45) is 0 Å². The number of benzene rings is 1. The first kappa shape index (κ1) is 15.4. The van der Waals surface area contributed by atoms with Gasteiger partial charge in [-0.3, -0.25) is 0 Å². The first-order valence-electron chi connectivity index (χ1n) is 7.92. The van der Waals surface area contributed by atoms with Crippen LogP contribution in [0.2, 0.25) is 0 Å². The highest BCUT2D eigenvalue weighted by atomic mass is 15.1. The molecule has 0 atom stereocenters. The molecular formula is C19H31N. The molecule has 1 aliphatic rings. The Morgan fingerprint density at radius 2 is 1.35 bits per heavy atom. The molecule has 0 saturated heterocycles. The van der Waals surface area contributed by atoms with E-state index in [1.807, 2.05) is 0 Å². The maximum Gasteiger partial charge on any atom is 0.0399 e. The molecule has 1 aromatic carbocycles. The number of hydrogen-bond donors (Lipinski definition) is 0. The van der Waals surface area contributed by atoms with E-state index in [4.69, 9.17) is 0 Å². The number of fused-ring (bicyclic) bond motifs is 1. The highest BCUT2D eigenvalue weighted by molar-refractivity contribution is 5.61. The van der Waals surface area contributed by atoms with E-state index in [2.05, 4.69) is 72.7 Å². The zero-order chi connectivity index (χ0) is 15.3. The average Bonchev–Trinajstić information content (AvgIpc) is 2.33. The minimum absolute atomic E-state index is 0.297. The van der Waals surface area contributed by atoms with E-state index in [-0.39, 0.29) is 0 Å². The second-order valence-electron chi connectivity index (χ2n) is 8.27. The van der Waals surface area contributed by atoms with Crippen molar-refractivity contribution in [1.29, 1.82) is 0 Å². The van der Waals surface area contributed by atoms with Crippen molar-refractivity contribution in [2.75, 3.05) is 19.0 Å². The summed E-state index contributed by atoms with van der Waals surface area (Å²) in [7, 11) is 4.32. The van der Waals surface area contributed by atoms with E-state index in [1.54, 1.807) is 11.1 Å². The van der Waals surface area contributed by atoms with Gasteiger partial charge in [0.1, 0.15) is 0 Å². The van der Waals surface area contributed by atoms with Crippen molar-refractivity contribution in [2.45, 2.75) is 71.1 Å². The van der Waals surface area contributed by atoms with Crippen LogP contribution in [-0.4, -0.2) is 14.1 Å². The molecule has 1 aromatic rings. The third kappa shape index (κ3) is 2.47. The molecule has 0 aromatic heterocycles. The molecule has 1 heteroatoms. The molecule has 0 unspecified atom stereocenters.